The lowest BCUT2D eigenvalue weighted by Gasteiger charge is -2.32. The van der Waals surface area contributed by atoms with Crippen LogP contribution in [-0.2, 0) is 9.53 Å². The molecule has 1 aromatic heterocycles. The van der Waals surface area contributed by atoms with Crippen LogP contribution in [-0.4, -0.2) is 87.4 Å². The van der Waals surface area contributed by atoms with Crippen LogP contribution in [0.25, 0.3) is 11.8 Å². The number of aromatic nitrogens is 4. The topological polar surface area (TPSA) is 88.4 Å². The highest BCUT2D eigenvalue weighted by molar-refractivity contribution is 6.31. The Hall–Kier alpha value is -2.82. The summed E-state index contributed by atoms with van der Waals surface area (Å²) >= 11 is 12.4. The van der Waals surface area contributed by atoms with Crippen LogP contribution in [0.15, 0.2) is 54.9 Å². The van der Waals surface area contributed by atoms with Gasteiger partial charge in [-0.3, -0.25) is 14.6 Å². The SMILES string of the molecule is O=C(Nc1cccc(Cl)c1)[C@@H]1C[C@H](N2CCOCC2)CN1C/C=C/c1cc(Cl)ccc1-n1cnnn1. The summed E-state index contributed by atoms with van der Waals surface area (Å²) in [5.74, 6) is -0.0291. The Morgan fingerprint density at radius 1 is 1.14 bits per heavy atom. The maximum atomic E-state index is 13.3. The first-order valence-corrected chi connectivity index (χ1v) is 12.6. The smallest absolute Gasteiger partial charge is 0.241 e. The first-order chi connectivity index (χ1) is 17.6. The molecule has 0 radical (unpaired) electrons. The number of ether oxygens (including phenoxy) is 1. The summed E-state index contributed by atoms with van der Waals surface area (Å²) in [6, 6.07) is 12.8. The van der Waals surface area contributed by atoms with E-state index in [0.717, 1.165) is 50.5 Å². The van der Waals surface area contributed by atoms with E-state index in [1.807, 2.05) is 30.3 Å². The molecule has 11 heteroatoms. The predicted octanol–water partition coefficient (Wildman–Crippen LogP) is 3.40. The van der Waals surface area contributed by atoms with E-state index in [1.165, 1.54) is 0 Å². The Bertz CT molecular complexity index is 1210. The summed E-state index contributed by atoms with van der Waals surface area (Å²) in [5.41, 5.74) is 2.41. The number of hydrogen-bond acceptors (Lipinski definition) is 7. The normalized spacial score (nSPS) is 21.3. The van der Waals surface area contributed by atoms with E-state index in [2.05, 4.69) is 36.7 Å². The number of carbonyl (C=O) groups is 1. The molecule has 9 nitrogen and oxygen atoms in total. The Labute approximate surface area is 219 Å². The van der Waals surface area contributed by atoms with Gasteiger partial charge in [-0.25, -0.2) is 0 Å². The van der Waals surface area contributed by atoms with E-state index in [4.69, 9.17) is 27.9 Å². The van der Waals surface area contributed by atoms with Crippen LogP contribution in [0.3, 0.4) is 0 Å². The minimum absolute atomic E-state index is 0.0291. The Kier molecular flexibility index (Phi) is 7.93. The number of anilines is 1. The van der Waals surface area contributed by atoms with E-state index >= 15 is 0 Å². The average Bonchev–Trinajstić information content (AvgIpc) is 3.56. The van der Waals surface area contributed by atoms with Crippen LogP contribution >= 0.6 is 23.2 Å². The summed E-state index contributed by atoms with van der Waals surface area (Å²) in [4.78, 5) is 18.0. The molecule has 3 heterocycles. The van der Waals surface area contributed by atoms with Crippen LogP contribution in [0.2, 0.25) is 10.0 Å². The molecule has 2 fully saturated rings. The third-order valence-corrected chi connectivity index (χ3v) is 7.03. The van der Waals surface area contributed by atoms with Crippen LogP contribution in [0.4, 0.5) is 5.69 Å². The van der Waals surface area contributed by atoms with Crippen LogP contribution < -0.4 is 5.32 Å². The number of tetrazole rings is 1. The number of likely N-dealkylation sites (tertiary alicyclic amines) is 1. The van der Waals surface area contributed by atoms with Gasteiger partial charge in [0.2, 0.25) is 5.91 Å². The van der Waals surface area contributed by atoms with Gasteiger partial charge in [-0.15, -0.1) is 5.10 Å². The molecular weight excluding hydrogens is 501 g/mol. The summed E-state index contributed by atoms with van der Waals surface area (Å²) in [5, 5.41) is 15.7. The molecule has 1 amide bonds. The molecule has 188 valence electrons. The molecule has 2 aliphatic heterocycles. The van der Waals surface area contributed by atoms with Gasteiger partial charge in [-0.1, -0.05) is 41.4 Å². The molecule has 5 rings (SSSR count). The summed E-state index contributed by atoms with van der Waals surface area (Å²) < 4.78 is 7.13. The van der Waals surface area contributed by atoms with E-state index in [9.17, 15) is 4.79 Å². The number of amides is 1. The van der Waals surface area contributed by atoms with Crippen molar-refractivity contribution in [3.8, 4) is 5.69 Å². The summed E-state index contributed by atoms with van der Waals surface area (Å²) in [7, 11) is 0. The van der Waals surface area contributed by atoms with Crippen molar-refractivity contribution in [1.82, 2.24) is 30.0 Å². The fraction of sp³-hybridized carbons (Fsp3) is 0.360. The number of hydrogen-bond donors (Lipinski definition) is 1. The Morgan fingerprint density at radius 3 is 2.75 bits per heavy atom. The molecule has 2 atom stereocenters. The zero-order valence-electron chi connectivity index (χ0n) is 19.6. The van der Waals surface area contributed by atoms with Crippen molar-refractivity contribution in [3.05, 3.63) is 70.5 Å². The van der Waals surface area contributed by atoms with Crippen LogP contribution in [0.5, 0.6) is 0 Å². The largest absolute Gasteiger partial charge is 0.379 e. The van der Waals surface area contributed by atoms with Gasteiger partial charge in [0.05, 0.1) is 24.9 Å². The summed E-state index contributed by atoms with van der Waals surface area (Å²) in [6.45, 7) is 4.63. The first kappa shape index (κ1) is 24.9. The van der Waals surface area contributed by atoms with Crippen molar-refractivity contribution in [2.24, 2.45) is 0 Å². The molecule has 0 saturated carbocycles. The molecule has 2 saturated heterocycles. The van der Waals surface area contributed by atoms with E-state index in [1.54, 1.807) is 29.2 Å². The molecule has 1 N–H and O–H groups in total. The number of carbonyl (C=O) groups excluding carboxylic acids is 1. The number of halogens is 2. The lowest BCUT2D eigenvalue weighted by Crippen LogP contribution is -2.44. The third-order valence-electron chi connectivity index (χ3n) is 6.56. The van der Waals surface area contributed by atoms with Crippen molar-refractivity contribution in [2.75, 3.05) is 44.7 Å². The summed E-state index contributed by atoms with van der Waals surface area (Å²) in [6.07, 6.45) is 6.36. The standard InChI is InChI=1S/C25H27Cl2N7O2/c26-19-4-1-5-21(14-19)29-25(35)24-15-22(32-9-11-36-12-10-32)16-33(24)8-2-3-18-13-20(27)6-7-23(18)34-17-28-30-31-34/h1-7,13-14,17,22,24H,8-12,15-16H2,(H,29,35)/b3-2+/t22-,24-/m0/s1. The van der Waals surface area contributed by atoms with E-state index < -0.39 is 0 Å². The second kappa shape index (κ2) is 11.5. The number of morpholine rings is 1. The lowest BCUT2D eigenvalue weighted by atomic mass is 10.1. The van der Waals surface area contributed by atoms with Gasteiger partial charge < -0.3 is 10.1 Å². The van der Waals surface area contributed by atoms with Gasteiger partial charge >= 0.3 is 0 Å². The third kappa shape index (κ3) is 5.93. The molecule has 3 aromatic rings. The fourth-order valence-electron chi connectivity index (χ4n) is 4.81. The fourth-order valence-corrected chi connectivity index (χ4v) is 5.18. The predicted molar refractivity (Wildman–Crippen MR) is 139 cm³/mol. The minimum Gasteiger partial charge on any atom is -0.379 e. The second-order valence-corrected chi connectivity index (χ2v) is 9.74. The highest BCUT2D eigenvalue weighted by Crippen LogP contribution is 2.26. The number of nitrogens with zero attached hydrogens (tertiary/aromatic N) is 6. The lowest BCUT2D eigenvalue weighted by molar-refractivity contribution is -0.120. The van der Waals surface area contributed by atoms with Gasteiger partial charge in [0.15, 0.2) is 0 Å². The highest BCUT2D eigenvalue weighted by Gasteiger charge is 2.39. The van der Waals surface area contributed by atoms with Crippen molar-refractivity contribution in [2.45, 2.75) is 18.5 Å². The van der Waals surface area contributed by atoms with Crippen molar-refractivity contribution >= 4 is 40.9 Å². The minimum atomic E-state index is -0.264. The molecule has 2 aliphatic rings. The van der Waals surface area contributed by atoms with Gasteiger partial charge in [-0.2, -0.15) is 4.68 Å². The van der Waals surface area contributed by atoms with Gasteiger partial charge in [0, 0.05) is 53.5 Å². The zero-order chi connectivity index (χ0) is 24.9. The van der Waals surface area contributed by atoms with Gasteiger partial charge in [-0.05, 0) is 53.2 Å². The molecular formula is C25H27Cl2N7O2. The molecule has 0 bridgehead atoms. The van der Waals surface area contributed by atoms with Gasteiger partial charge in [0.25, 0.3) is 0 Å². The van der Waals surface area contributed by atoms with E-state index in [0.29, 0.717) is 28.3 Å². The Balaban J connectivity index is 1.33. The average molecular weight is 528 g/mol. The second-order valence-electron chi connectivity index (χ2n) is 8.87. The van der Waals surface area contributed by atoms with Crippen molar-refractivity contribution in [1.29, 1.82) is 0 Å². The highest BCUT2D eigenvalue weighted by atomic mass is 35.5. The molecule has 36 heavy (non-hydrogen) atoms. The van der Waals surface area contributed by atoms with Crippen LogP contribution in [0, 0.1) is 0 Å². The number of rotatable bonds is 7. The van der Waals surface area contributed by atoms with Crippen molar-refractivity contribution < 1.29 is 9.53 Å². The maximum absolute atomic E-state index is 13.3. The van der Waals surface area contributed by atoms with Crippen molar-refractivity contribution in [3.63, 3.8) is 0 Å². The molecule has 0 aliphatic carbocycles. The number of nitrogens with one attached hydrogen (secondary N) is 1. The monoisotopic (exact) mass is 527 g/mol. The van der Waals surface area contributed by atoms with Crippen LogP contribution in [0.1, 0.15) is 12.0 Å². The zero-order valence-corrected chi connectivity index (χ0v) is 21.1. The quantitative estimate of drug-likeness (QED) is 0.503. The Morgan fingerprint density at radius 2 is 1.97 bits per heavy atom. The first-order valence-electron chi connectivity index (χ1n) is 11.9. The van der Waals surface area contributed by atoms with E-state index in [-0.39, 0.29) is 11.9 Å². The molecule has 0 spiro atoms. The molecule has 2 aromatic carbocycles. The number of benzene rings is 2. The van der Waals surface area contributed by atoms with Gasteiger partial charge in [0.1, 0.15) is 6.33 Å². The maximum Gasteiger partial charge on any atom is 0.241 e. The molecule has 0 unspecified atom stereocenters.